The summed E-state index contributed by atoms with van der Waals surface area (Å²) in [6.45, 7) is 0.723. The molecule has 0 heterocycles. The molecule has 0 radical (unpaired) electrons. The van der Waals surface area contributed by atoms with Crippen molar-refractivity contribution in [1.82, 2.24) is 5.32 Å². The van der Waals surface area contributed by atoms with Crippen molar-refractivity contribution in [2.24, 2.45) is 0 Å². The van der Waals surface area contributed by atoms with E-state index < -0.39 is 17.6 Å². The third-order valence-corrected chi connectivity index (χ3v) is 3.69. The van der Waals surface area contributed by atoms with Gasteiger partial charge in [0.2, 0.25) is 5.91 Å². The molecule has 0 aliphatic carbocycles. The van der Waals surface area contributed by atoms with Gasteiger partial charge in [0.05, 0.1) is 5.56 Å². The molecule has 152 valence electrons. The Bertz CT molecular complexity index is 813. The Morgan fingerprint density at radius 1 is 0.964 bits per heavy atom. The fourth-order valence-corrected chi connectivity index (χ4v) is 2.36. The molecule has 0 aromatic heterocycles. The molecule has 0 bridgehead atoms. The van der Waals surface area contributed by atoms with Crippen LogP contribution in [0, 0.1) is 0 Å². The van der Waals surface area contributed by atoms with Gasteiger partial charge in [-0.1, -0.05) is 12.1 Å². The van der Waals surface area contributed by atoms with Crippen molar-refractivity contribution in [3.63, 3.8) is 0 Å². The van der Waals surface area contributed by atoms with Gasteiger partial charge >= 0.3 is 6.18 Å². The number of halogens is 4. The number of benzene rings is 2. The van der Waals surface area contributed by atoms with Gasteiger partial charge < -0.3 is 16.0 Å². The average Bonchev–Trinajstić information content (AvgIpc) is 2.61. The van der Waals surface area contributed by atoms with Crippen molar-refractivity contribution in [1.29, 1.82) is 0 Å². The molecule has 28 heavy (non-hydrogen) atoms. The summed E-state index contributed by atoms with van der Waals surface area (Å²) in [7, 11) is 1.80. The van der Waals surface area contributed by atoms with Crippen molar-refractivity contribution in [3.8, 4) is 0 Å². The number of hydrogen-bond donors (Lipinski definition) is 3. The molecular formula is C19H21ClF3N3O2. The van der Waals surface area contributed by atoms with Gasteiger partial charge in [0.15, 0.2) is 0 Å². The number of rotatable bonds is 7. The number of amides is 2. The molecule has 9 heteroatoms. The van der Waals surface area contributed by atoms with Crippen LogP contribution in [-0.4, -0.2) is 25.4 Å². The highest BCUT2D eigenvalue weighted by molar-refractivity contribution is 6.04. The Labute approximate surface area is 167 Å². The quantitative estimate of drug-likeness (QED) is 0.590. The van der Waals surface area contributed by atoms with Crippen molar-refractivity contribution in [3.05, 3.63) is 59.7 Å². The maximum Gasteiger partial charge on any atom is 0.416 e. The van der Waals surface area contributed by atoms with E-state index in [9.17, 15) is 22.8 Å². The first-order valence-electron chi connectivity index (χ1n) is 8.33. The zero-order valence-electron chi connectivity index (χ0n) is 15.1. The molecular weight excluding hydrogens is 395 g/mol. The highest BCUT2D eigenvalue weighted by Crippen LogP contribution is 2.29. The topological polar surface area (TPSA) is 70.2 Å². The molecule has 0 saturated carbocycles. The summed E-state index contributed by atoms with van der Waals surface area (Å²) in [5, 5.41) is 8.20. The van der Waals surface area contributed by atoms with Crippen molar-refractivity contribution in [2.75, 3.05) is 24.2 Å². The van der Waals surface area contributed by atoms with E-state index in [-0.39, 0.29) is 23.9 Å². The van der Waals surface area contributed by atoms with E-state index in [1.165, 1.54) is 12.1 Å². The molecule has 0 aliphatic rings. The van der Waals surface area contributed by atoms with E-state index in [1.54, 1.807) is 31.3 Å². The number of hydrogen-bond acceptors (Lipinski definition) is 3. The summed E-state index contributed by atoms with van der Waals surface area (Å²) >= 11 is 0. The van der Waals surface area contributed by atoms with Crippen molar-refractivity contribution < 1.29 is 22.8 Å². The highest BCUT2D eigenvalue weighted by Gasteiger charge is 2.30. The van der Waals surface area contributed by atoms with E-state index >= 15 is 0 Å². The van der Waals surface area contributed by atoms with E-state index in [1.807, 2.05) is 0 Å². The Hall–Kier alpha value is -2.58. The lowest BCUT2D eigenvalue weighted by Gasteiger charge is -2.11. The Morgan fingerprint density at radius 3 is 2.25 bits per heavy atom. The summed E-state index contributed by atoms with van der Waals surface area (Å²) in [5.74, 6) is -0.829. The predicted octanol–water partition coefficient (Wildman–Crippen LogP) is 4.32. The molecule has 2 rings (SSSR count). The minimum absolute atomic E-state index is 0. The Morgan fingerprint density at radius 2 is 1.61 bits per heavy atom. The average molecular weight is 416 g/mol. The number of nitrogens with one attached hydrogen (secondary N) is 3. The van der Waals surface area contributed by atoms with Crippen LogP contribution >= 0.6 is 12.4 Å². The molecule has 2 aromatic rings. The lowest BCUT2D eigenvalue weighted by atomic mass is 10.1. The normalized spacial score (nSPS) is 10.7. The van der Waals surface area contributed by atoms with Gasteiger partial charge in [-0.25, -0.2) is 0 Å². The van der Waals surface area contributed by atoms with E-state index in [2.05, 4.69) is 16.0 Å². The van der Waals surface area contributed by atoms with E-state index in [0.29, 0.717) is 24.2 Å². The smallest absolute Gasteiger partial charge is 0.326 e. The molecule has 0 atom stereocenters. The molecule has 0 spiro atoms. The van der Waals surface area contributed by atoms with Crippen LogP contribution in [0.1, 0.15) is 28.8 Å². The van der Waals surface area contributed by atoms with E-state index in [4.69, 9.17) is 0 Å². The molecule has 0 unspecified atom stereocenters. The van der Waals surface area contributed by atoms with Gasteiger partial charge in [-0.2, -0.15) is 13.2 Å². The molecule has 0 saturated heterocycles. The molecule has 0 fully saturated rings. The van der Waals surface area contributed by atoms with Gasteiger partial charge in [-0.15, -0.1) is 12.4 Å². The summed E-state index contributed by atoms with van der Waals surface area (Å²) in [4.78, 5) is 24.1. The van der Waals surface area contributed by atoms with Gasteiger partial charge in [0, 0.05) is 23.4 Å². The maximum absolute atomic E-state index is 12.8. The summed E-state index contributed by atoms with van der Waals surface area (Å²) in [6.07, 6.45) is -3.48. The van der Waals surface area contributed by atoms with Gasteiger partial charge in [0.1, 0.15) is 0 Å². The number of anilines is 2. The first-order valence-corrected chi connectivity index (χ1v) is 8.33. The van der Waals surface area contributed by atoms with Crippen LogP contribution in [0.3, 0.4) is 0 Å². The zero-order chi connectivity index (χ0) is 19.9. The third kappa shape index (κ3) is 7.21. The monoisotopic (exact) mass is 415 g/mol. The van der Waals surface area contributed by atoms with Crippen LogP contribution in [0.15, 0.2) is 48.5 Å². The van der Waals surface area contributed by atoms with Gasteiger partial charge in [0.25, 0.3) is 5.91 Å². The van der Waals surface area contributed by atoms with Crippen LogP contribution in [0.4, 0.5) is 24.5 Å². The second-order valence-corrected chi connectivity index (χ2v) is 5.87. The van der Waals surface area contributed by atoms with Crippen molar-refractivity contribution >= 4 is 35.6 Å². The lowest BCUT2D eigenvalue weighted by Crippen LogP contribution is -2.16. The molecule has 3 N–H and O–H groups in total. The van der Waals surface area contributed by atoms with Crippen LogP contribution < -0.4 is 16.0 Å². The second kappa shape index (κ2) is 10.7. The molecule has 0 aliphatic heterocycles. The number of carbonyl (C=O) groups is 2. The summed E-state index contributed by atoms with van der Waals surface area (Å²) < 4.78 is 38.3. The second-order valence-electron chi connectivity index (χ2n) is 5.87. The Kier molecular flexibility index (Phi) is 8.94. The van der Waals surface area contributed by atoms with Crippen LogP contribution in [0.2, 0.25) is 0 Å². The van der Waals surface area contributed by atoms with Gasteiger partial charge in [-0.3, -0.25) is 9.59 Å². The van der Waals surface area contributed by atoms with Gasteiger partial charge in [-0.05, 0) is 56.4 Å². The van der Waals surface area contributed by atoms with Crippen LogP contribution in [0.5, 0.6) is 0 Å². The lowest BCUT2D eigenvalue weighted by molar-refractivity contribution is -0.137. The first-order chi connectivity index (χ1) is 12.8. The minimum Gasteiger partial charge on any atom is -0.326 e. The maximum atomic E-state index is 12.8. The number of alkyl halides is 3. The summed E-state index contributed by atoms with van der Waals surface area (Å²) in [6, 6.07) is 10.6. The highest BCUT2D eigenvalue weighted by atomic mass is 35.5. The summed E-state index contributed by atoms with van der Waals surface area (Å²) in [5.41, 5.74) is -0.138. The van der Waals surface area contributed by atoms with Crippen LogP contribution in [0.25, 0.3) is 0 Å². The predicted molar refractivity (Wildman–Crippen MR) is 105 cm³/mol. The Balaban J connectivity index is 0.00000392. The van der Waals surface area contributed by atoms with Crippen LogP contribution in [-0.2, 0) is 11.0 Å². The number of carbonyl (C=O) groups excluding carboxylic acids is 2. The molecule has 2 aromatic carbocycles. The molecule has 2 amide bonds. The fourth-order valence-electron chi connectivity index (χ4n) is 2.36. The third-order valence-electron chi connectivity index (χ3n) is 3.69. The SMILES string of the molecule is CNCCCC(=O)Nc1cccc(NC(=O)c2cccc(C(F)(F)F)c2)c1.Cl. The van der Waals surface area contributed by atoms with Crippen molar-refractivity contribution in [2.45, 2.75) is 19.0 Å². The molecule has 5 nitrogen and oxygen atoms in total. The zero-order valence-corrected chi connectivity index (χ0v) is 15.9. The van der Waals surface area contributed by atoms with E-state index in [0.717, 1.165) is 18.7 Å². The standard InChI is InChI=1S/C19H20F3N3O2.ClH/c1-23-10-4-9-17(26)24-15-7-3-8-16(12-15)25-18(27)13-5-2-6-14(11-13)19(20,21)22;/h2-3,5-8,11-12,23H,4,9-10H2,1H3,(H,24,26)(H,25,27);1H. The fraction of sp³-hybridized carbons (Fsp3) is 0.263. The largest absolute Gasteiger partial charge is 0.416 e. The minimum atomic E-state index is -4.52. The first kappa shape index (κ1) is 23.5.